The van der Waals surface area contributed by atoms with Gasteiger partial charge in [0.25, 0.3) is 0 Å². The lowest BCUT2D eigenvalue weighted by atomic mass is 10.2. The summed E-state index contributed by atoms with van der Waals surface area (Å²) in [6.07, 6.45) is 2.09. The summed E-state index contributed by atoms with van der Waals surface area (Å²) in [6, 6.07) is 0.503. The molecule has 0 aliphatic rings. The first-order valence-corrected chi connectivity index (χ1v) is 6.12. The SMILES string of the molecule is CCc1nc(Br)c(Br)n1C(C)CC. The lowest BCUT2D eigenvalue weighted by Gasteiger charge is -2.14. The number of hydrogen-bond acceptors (Lipinski definition) is 1. The van der Waals surface area contributed by atoms with Crippen LogP contribution in [-0.4, -0.2) is 9.55 Å². The fraction of sp³-hybridized carbons (Fsp3) is 0.667. The smallest absolute Gasteiger partial charge is 0.139 e. The van der Waals surface area contributed by atoms with Crippen LogP contribution in [0.25, 0.3) is 0 Å². The second kappa shape index (κ2) is 4.60. The molecule has 74 valence electrons. The second-order valence-electron chi connectivity index (χ2n) is 3.09. The van der Waals surface area contributed by atoms with Crippen molar-refractivity contribution in [2.75, 3.05) is 0 Å². The molecule has 0 spiro atoms. The van der Waals surface area contributed by atoms with Gasteiger partial charge in [-0.25, -0.2) is 4.98 Å². The maximum absolute atomic E-state index is 4.43. The zero-order valence-electron chi connectivity index (χ0n) is 8.14. The van der Waals surface area contributed by atoms with E-state index >= 15 is 0 Å². The Balaban J connectivity index is 3.15. The molecule has 0 bridgehead atoms. The van der Waals surface area contributed by atoms with Crippen LogP contribution in [0.4, 0.5) is 0 Å². The molecule has 1 rings (SSSR count). The van der Waals surface area contributed by atoms with Crippen LogP contribution in [0.5, 0.6) is 0 Å². The Labute approximate surface area is 96.0 Å². The molecule has 0 saturated heterocycles. The van der Waals surface area contributed by atoms with Crippen LogP contribution >= 0.6 is 31.9 Å². The average molecular weight is 310 g/mol. The monoisotopic (exact) mass is 308 g/mol. The summed E-state index contributed by atoms with van der Waals surface area (Å²) < 4.78 is 4.20. The van der Waals surface area contributed by atoms with Gasteiger partial charge in [0.1, 0.15) is 15.0 Å². The van der Waals surface area contributed by atoms with E-state index in [2.05, 4.69) is 62.2 Å². The Morgan fingerprint density at radius 2 is 2.00 bits per heavy atom. The van der Waals surface area contributed by atoms with Gasteiger partial charge in [-0.1, -0.05) is 13.8 Å². The highest BCUT2D eigenvalue weighted by atomic mass is 79.9. The highest BCUT2D eigenvalue weighted by Crippen LogP contribution is 2.28. The van der Waals surface area contributed by atoms with Crippen molar-refractivity contribution in [3.05, 3.63) is 15.0 Å². The van der Waals surface area contributed by atoms with E-state index in [1.54, 1.807) is 0 Å². The molecule has 1 unspecified atom stereocenters. The average Bonchev–Trinajstić information content (AvgIpc) is 2.42. The third-order valence-electron chi connectivity index (χ3n) is 2.23. The number of hydrogen-bond donors (Lipinski definition) is 0. The van der Waals surface area contributed by atoms with Crippen molar-refractivity contribution in [2.45, 2.75) is 39.7 Å². The van der Waals surface area contributed by atoms with Crippen molar-refractivity contribution in [1.29, 1.82) is 0 Å². The summed E-state index contributed by atoms with van der Waals surface area (Å²) in [4.78, 5) is 4.43. The second-order valence-corrected chi connectivity index (χ2v) is 4.59. The fourth-order valence-electron chi connectivity index (χ4n) is 1.31. The lowest BCUT2D eigenvalue weighted by molar-refractivity contribution is 0.502. The molecule has 0 fully saturated rings. The highest BCUT2D eigenvalue weighted by Gasteiger charge is 2.15. The van der Waals surface area contributed by atoms with Crippen molar-refractivity contribution in [2.24, 2.45) is 0 Å². The van der Waals surface area contributed by atoms with Gasteiger partial charge in [-0.05, 0) is 45.2 Å². The van der Waals surface area contributed by atoms with Crippen LogP contribution < -0.4 is 0 Å². The largest absolute Gasteiger partial charge is 0.319 e. The van der Waals surface area contributed by atoms with Gasteiger partial charge >= 0.3 is 0 Å². The molecule has 0 radical (unpaired) electrons. The van der Waals surface area contributed by atoms with Crippen molar-refractivity contribution in [1.82, 2.24) is 9.55 Å². The third-order valence-corrected chi connectivity index (χ3v) is 4.08. The van der Waals surface area contributed by atoms with E-state index in [9.17, 15) is 0 Å². The predicted molar refractivity (Wildman–Crippen MR) is 62.0 cm³/mol. The molecule has 1 atom stereocenters. The summed E-state index contributed by atoms with van der Waals surface area (Å²) in [6.45, 7) is 6.52. The topological polar surface area (TPSA) is 17.8 Å². The normalized spacial score (nSPS) is 13.3. The Kier molecular flexibility index (Phi) is 3.98. The van der Waals surface area contributed by atoms with Gasteiger partial charge in [-0.3, -0.25) is 0 Å². The van der Waals surface area contributed by atoms with Crippen LogP contribution in [0.1, 0.15) is 39.1 Å². The van der Waals surface area contributed by atoms with E-state index in [4.69, 9.17) is 0 Å². The number of imidazole rings is 1. The molecule has 4 heteroatoms. The Morgan fingerprint density at radius 3 is 2.46 bits per heavy atom. The van der Waals surface area contributed by atoms with Crippen LogP contribution in [0.2, 0.25) is 0 Å². The number of rotatable bonds is 3. The minimum atomic E-state index is 0.503. The van der Waals surface area contributed by atoms with Crippen LogP contribution in [0.15, 0.2) is 9.21 Å². The summed E-state index contributed by atoms with van der Waals surface area (Å²) in [7, 11) is 0. The third kappa shape index (κ3) is 2.15. The van der Waals surface area contributed by atoms with E-state index < -0.39 is 0 Å². The van der Waals surface area contributed by atoms with Gasteiger partial charge in [0, 0.05) is 12.5 Å². The van der Waals surface area contributed by atoms with Crippen LogP contribution in [-0.2, 0) is 6.42 Å². The quantitative estimate of drug-likeness (QED) is 0.827. The molecule has 2 nitrogen and oxygen atoms in total. The van der Waals surface area contributed by atoms with E-state index in [0.717, 1.165) is 27.9 Å². The van der Waals surface area contributed by atoms with Crippen molar-refractivity contribution in [3.8, 4) is 0 Å². The molecule has 0 aromatic carbocycles. The first-order chi connectivity index (χ1) is 6.11. The number of aromatic nitrogens is 2. The molecule has 1 heterocycles. The highest BCUT2D eigenvalue weighted by molar-refractivity contribution is 9.13. The molecular formula is C9H14Br2N2. The number of aryl methyl sites for hydroxylation is 1. The van der Waals surface area contributed by atoms with Gasteiger partial charge < -0.3 is 4.57 Å². The minimum Gasteiger partial charge on any atom is -0.319 e. The standard InChI is InChI=1S/C9H14Br2N2/c1-4-6(3)13-7(5-2)12-8(10)9(13)11/h6H,4-5H2,1-3H3. The van der Waals surface area contributed by atoms with Crippen molar-refractivity contribution < 1.29 is 0 Å². The zero-order valence-corrected chi connectivity index (χ0v) is 11.3. The van der Waals surface area contributed by atoms with Gasteiger partial charge in [-0.2, -0.15) is 0 Å². The molecular weight excluding hydrogens is 296 g/mol. The Morgan fingerprint density at radius 1 is 1.38 bits per heavy atom. The number of nitrogens with zero attached hydrogens (tertiary/aromatic N) is 2. The molecule has 0 amide bonds. The first-order valence-electron chi connectivity index (χ1n) is 4.53. The first kappa shape index (κ1) is 11.2. The van der Waals surface area contributed by atoms with Crippen LogP contribution in [0.3, 0.4) is 0 Å². The minimum absolute atomic E-state index is 0.503. The van der Waals surface area contributed by atoms with Gasteiger partial charge in [0.2, 0.25) is 0 Å². The fourth-order valence-corrected chi connectivity index (χ4v) is 2.34. The zero-order chi connectivity index (χ0) is 10.0. The van der Waals surface area contributed by atoms with E-state index in [-0.39, 0.29) is 0 Å². The summed E-state index contributed by atoms with van der Waals surface area (Å²) in [5.74, 6) is 1.13. The maximum Gasteiger partial charge on any atom is 0.139 e. The molecule has 0 N–H and O–H groups in total. The van der Waals surface area contributed by atoms with Gasteiger partial charge in [0.15, 0.2) is 0 Å². The summed E-state index contributed by atoms with van der Waals surface area (Å²) >= 11 is 6.96. The Hall–Kier alpha value is 0.170. The molecule has 1 aromatic rings. The lowest BCUT2D eigenvalue weighted by Crippen LogP contribution is -2.08. The van der Waals surface area contributed by atoms with Crippen molar-refractivity contribution >= 4 is 31.9 Å². The van der Waals surface area contributed by atoms with E-state index in [1.165, 1.54) is 0 Å². The predicted octanol–water partition coefficient (Wildman–Crippen LogP) is 3.94. The summed E-state index contributed by atoms with van der Waals surface area (Å²) in [5.41, 5.74) is 0. The maximum atomic E-state index is 4.43. The van der Waals surface area contributed by atoms with Gasteiger partial charge in [-0.15, -0.1) is 0 Å². The van der Waals surface area contributed by atoms with E-state index in [0.29, 0.717) is 6.04 Å². The van der Waals surface area contributed by atoms with Gasteiger partial charge in [0.05, 0.1) is 0 Å². The Bertz CT molecular complexity index is 294. The number of halogens is 2. The van der Waals surface area contributed by atoms with Crippen LogP contribution in [0, 0.1) is 0 Å². The molecule has 0 saturated carbocycles. The summed E-state index contributed by atoms with van der Waals surface area (Å²) in [5, 5.41) is 0. The molecule has 1 aromatic heterocycles. The molecule has 0 aliphatic carbocycles. The van der Waals surface area contributed by atoms with Crippen molar-refractivity contribution in [3.63, 3.8) is 0 Å². The molecule has 0 aliphatic heterocycles. The van der Waals surface area contributed by atoms with E-state index in [1.807, 2.05) is 0 Å². The molecule has 13 heavy (non-hydrogen) atoms.